The Morgan fingerprint density at radius 2 is 1.80 bits per heavy atom. The Bertz CT molecular complexity index is 1100. The van der Waals surface area contributed by atoms with E-state index in [1.165, 1.54) is 23.1 Å². The number of nitrogens with zero attached hydrogens (tertiary/aromatic N) is 1. The van der Waals surface area contributed by atoms with Crippen LogP contribution in [0.25, 0.3) is 0 Å². The molecule has 2 aromatic rings. The lowest BCUT2D eigenvalue weighted by molar-refractivity contribution is -0.142. The van der Waals surface area contributed by atoms with Crippen LogP contribution in [0.4, 0.5) is 14.9 Å². The average Bonchev–Trinajstić information content (AvgIpc) is 2.77. The van der Waals surface area contributed by atoms with Crippen LogP contribution in [0.15, 0.2) is 42.5 Å². The Hall–Kier alpha value is -3.13. The Morgan fingerprint density at radius 3 is 2.43 bits per heavy atom. The van der Waals surface area contributed by atoms with Crippen molar-refractivity contribution in [3.63, 3.8) is 0 Å². The Labute approximate surface area is 210 Å². The maximum absolute atomic E-state index is 14.4. The van der Waals surface area contributed by atoms with Crippen LogP contribution >= 0.6 is 11.6 Å². The van der Waals surface area contributed by atoms with Gasteiger partial charge in [-0.25, -0.2) is 9.18 Å². The second kappa shape index (κ2) is 10.6. The predicted molar refractivity (Wildman–Crippen MR) is 133 cm³/mol. The van der Waals surface area contributed by atoms with Crippen molar-refractivity contribution in [2.45, 2.75) is 58.7 Å². The summed E-state index contributed by atoms with van der Waals surface area (Å²) in [6, 6.07) is 9.44. The standard InChI is InChI=1S/C26H31ClFN3O4/c1-15(2)20(30-25(34)35-26(3,4)5)24(33)31-14-13-16-9-6-7-10-17(16)22(31)23(32)29-21-18(27)11-8-12-19(21)28/h6-12,15,20,22H,13-14H2,1-5H3,(H,29,32)(H,30,34)/t20-,22-/m0/s1. The number of carbonyl (C=O) groups excluding carboxylic acids is 3. The lowest BCUT2D eigenvalue weighted by Crippen LogP contribution is -2.55. The molecule has 3 amide bonds. The molecule has 1 heterocycles. The van der Waals surface area contributed by atoms with Crippen molar-refractivity contribution in [2.75, 3.05) is 11.9 Å². The molecule has 7 nitrogen and oxygen atoms in total. The molecule has 35 heavy (non-hydrogen) atoms. The third kappa shape index (κ3) is 6.31. The molecule has 1 aliphatic rings. The summed E-state index contributed by atoms with van der Waals surface area (Å²) in [5.41, 5.74) is 0.663. The number of carbonyl (C=O) groups is 3. The number of para-hydroxylation sites is 1. The van der Waals surface area contributed by atoms with E-state index >= 15 is 0 Å². The summed E-state index contributed by atoms with van der Waals surface area (Å²) in [4.78, 5) is 41.1. The number of hydrogen-bond donors (Lipinski definition) is 2. The van der Waals surface area contributed by atoms with Crippen molar-refractivity contribution in [3.05, 3.63) is 64.4 Å². The summed E-state index contributed by atoms with van der Waals surface area (Å²) >= 11 is 6.12. The minimum atomic E-state index is -1.04. The van der Waals surface area contributed by atoms with E-state index in [-0.39, 0.29) is 23.2 Å². The van der Waals surface area contributed by atoms with E-state index < -0.39 is 41.4 Å². The maximum Gasteiger partial charge on any atom is 0.408 e. The zero-order chi connectivity index (χ0) is 25.9. The van der Waals surface area contributed by atoms with Crippen LogP contribution < -0.4 is 10.6 Å². The molecule has 0 spiro atoms. The number of benzene rings is 2. The summed E-state index contributed by atoms with van der Waals surface area (Å²) < 4.78 is 19.7. The zero-order valence-electron chi connectivity index (χ0n) is 20.5. The van der Waals surface area contributed by atoms with Crippen LogP contribution in [-0.2, 0) is 20.7 Å². The molecule has 0 aromatic heterocycles. The lowest BCUT2D eigenvalue weighted by Gasteiger charge is -2.39. The van der Waals surface area contributed by atoms with Crippen LogP contribution in [0.1, 0.15) is 51.8 Å². The van der Waals surface area contributed by atoms with Crippen molar-refractivity contribution in [1.29, 1.82) is 0 Å². The van der Waals surface area contributed by atoms with E-state index in [2.05, 4.69) is 10.6 Å². The summed E-state index contributed by atoms with van der Waals surface area (Å²) in [5.74, 6) is -1.99. The highest BCUT2D eigenvalue weighted by molar-refractivity contribution is 6.33. The first-order valence-electron chi connectivity index (χ1n) is 11.5. The fraction of sp³-hybridized carbons (Fsp3) is 0.423. The van der Waals surface area contributed by atoms with Gasteiger partial charge in [-0.1, -0.05) is 55.8 Å². The predicted octanol–water partition coefficient (Wildman–Crippen LogP) is 5.09. The van der Waals surface area contributed by atoms with Gasteiger partial charge < -0.3 is 20.3 Å². The topological polar surface area (TPSA) is 87.7 Å². The maximum atomic E-state index is 14.4. The molecule has 0 bridgehead atoms. The number of anilines is 1. The summed E-state index contributed by atoms with van der Waals surface area (Å²) in [6.45, 7) is 9.04. The fourth-order valence-electron chi connectivity index (χ4n) is 4.02. The monoisotopic (exact) mass is 503 g/mol. The van der Waals surface area contributed by atoms with Crippen LogP contribution in [0.5, 0.6) is 0 Å². The normalized spacial score (nSPS) is 16.3. The second-order valence-electron chi connectivity index (χ2n) is 9.84. The zero-order valence-corrected chi connectivity index (χ0v) is 21.3. The number of hydrogen-bond acceptors (Lipinski definition) is 4. The molecule has 2 aromatic carbocycles. The van der Waals surface area contributed by atoms with Gasteiger partial charge in [0.05, 0.1) is 10.7 Å². The first-order valence-corrected chi connectivity index (χ1v) is 11.9. The van der Waals surface area contributed by atoms with Gasteiger partial charge in [0.2, 0.25) is 5.91 Å². The number of nitrogens with one attached hydrogen (secondary N) is 2. The number of halogens is 2. The minimum absolute atomic E-state index is 0.0481. The third-order valence-electron chi connectivity index (χ3n) is 5.63. The average molecular weight is 504 g/mol. The summed E-state index contributed by atoms with van der Waals surface area (Å²) in [7, 11) is 0. The fourth-order valence-corrected chi connectivity index (χ4v) is 4.23. The van der Waals surface area contributed by atoms with Crippen LogP contribution in [0, 0.1) is 11.7 Å². The molecule has 0 saturated heterocycles. The van der Waals surface area contributed by atoms with E-state index in [0.29, 0.717) is 12.0 Å². The molecule has 0 radical (unpaired) electrons. The molecule has 1 aliphatic heterocycles. The summed E-state index contributed by atoms with van der Waals surface area (Å²) in [5, 5.41) is 5.27. The van der Waals surface area contributed by atoms with Crippen molar-refractivity contribution in [1.82, 2.24) is 10.2 Å². The van der Waals surface area contributed by atoms with Crippen molar-refractivity contribution in [3.8, 4) is 0 Å². The van der Waals surface area contributed by atoms with E-state index in [4.69, 9.17) is 16.3 Å². The van der Waals surface area contributed by atoms with Gasteiger partial charge in [0.15, 0.2) is 0 Å². The number of fused-ring (bicyclic) bond motifs is 1. The van der Waals surface area contributed by atoms with Crippen LogP contribution in [0.2, 0.25) is 5.02 Å². The van der Waals surface area contributed by atoms with Crippen molar-refractivity contribution >= 4 is 35.2 Å². The van der Waals surface area contributed by atoms with Gasteiger partial charge in [-0.15, -0.1) is 0 Å². The Kier molecular flexibility index (Phi) is 8.05. The Morgan fingerprint density at radius 1 is 1.11 bits per heavy atom. The second-order valence-corrected chi connectivity index (χ2v) is 10.2. The quantitative estimate of drug-likeness (QED) is 0.594. The van der Waals surface area contributed by atoms with Gasteiger partial charge in [-0.2, -0.15) is 0 Å². The van der Waals surface area contributed by atoms with Gasteiger partial charge in [-0.3, -0.25) is 9.59 Å². The molecule has 188 valence electrons. The SMILES string of the molecule is CC(C)[C@H](NC(=O)OC(C)(C)C)C(=O)N1CCc2ccccc2[C@H]1C(=O)Nc1c(F)cccc1Cl. The van der Waals surface area contributed by atoms with Crippen LogP contribution in [-0.4, -0.2) is 41.0 Å². The molecule has 0 unspecified atom stereocenters. The van der Waals surface area contributed by atoms with Gasteiger partial charge in [0, 0.05) is 6.54 Å². The summed E-state index contributed by atoms with van der Waals surface area (Å²) in [6.07, 6.45) is -0.190. The van der Waals surface area contributed by atoms with E-state index in [9.17, 15) is 18.8 Å². The molecular weight excluding hydrogens is 473 g/mol. The van der Waals surface area contributed by atoms with Gasteiger partial charge in [0.25, 0.3) is 5.91 Å². The highest BCUT2D eigenvalue weighted by Gasteiger charge is 2.40. The van der Waals surface area contributed by atoms with E-state index in [1.807, 2.05) is 12.1 Å². The van der Waals surface area contributed by atoms with Gasteiger partial charge in [0.1, 0.15) is 23.5 Å². The number of ether oxygens (including phenoxy) is 1. The molecule has 9 heteroatoms. The third-order valence-corrected chi connectivity index (χ3v) is 5.95. The first-order chi connectivity index (χ1) is 16.4. The number of amides is 3. The minimum Gasteiger partial charge on any atom is -0.444 e. The van der Waals surface area contributed by atoms with Crippen molar-refractivity contribution in [2.24, 2.45) is 5.92 Å². The van der Waals surface area contributed by atoms with Gasteiger partial charge >= 0.3 is 6.09 Å². The van der Waals surface area contributed by atoms with Crippen molar-refractivity contribution < 1.29 is 23.5 Å². The Balaban J connectivity index is 1.94. The lowest BCUT2D eigenvalue weighted by atomic mass is 9.90. The largest absolute Gasteiger partial charge is 0.444 e. The smallest absolute Gasteiger partial charge is 0.408 e. The molecule has 0 fully saturated rings. The first kappa shape index (κ1) is 26.5. The van der Waals surface area contributed by atoms with E-state index in [1.54, 1.807) is 46.8 Å². The number of rotatable bonds is 5. The van der Waals surface area contributed by atoms with Gasteiger partial charge in [-0.05, 0) is 56.4 Å². The highest BCUT2D eigenvalue weighted by atomic mass is 35.5. The molecule has 2 atom stereocenters. The van der Waals surface area contributed by atoms with Crippen LogP contribution in [0.3, 0.4) is 0 Å². The molecule has 2 N–H and O–H groups in total. The molecule has 0 aliphatic carbocycles. The molecular formula is C26H31ClFN3O4. The molecule has 0 saturated carbocycles. The highest BCUT2D eigenvalue weighted by Crippen LogP contribution is 2.33. The van der Waals surface area contributed by atoms with E-state index in [0.717, 1.165) is 5.56 Å². The molecule has 3 rings (SSSR count). The number of alkyl carbamates (subject to hydrolysis) is 1.